The second-order valence-corrected chi connectivity index (χ2v) is 7.03. The molecule has 1 fully saturated rings. The Morgan fingerprint density at radius 2 is 2.29 bits per heavy atom. The maximum absolute atomic E-state index is 11.7. The Labute approximate surface area is 100 Å². The lowest BCUT2D eigenvalue weighted by Gasteiger charge is -2.19. The zero-order valence-corrected chi connectivity index (χ0v) is 10.3. The van der Waals surface area contributed by atoms with E-state index >= 15 is 0 Å². The van der Waals surface area contributed by atoms with E-state index in [4.69, 9.17) is 5.73 Å². The van der Waals surface area contributed by atoms with Crippen molar-refractivity contribution in [2.24, 2.45) is 5.73 Å². The summed E-state index contributed by atoms with van der Waals surface area (Å²) >= 11 is 0. The summed E-state index contributed by atoms with van der Waals surface area (Å²) < 4.78 is 23.3. The lowest BCUT2D eigenvalue weighted by molar-refractivity contribution is 0.591. The molecule has 1 aromatic rings. The minimum atomic E-state index is -2.95. The first-order valence-corrected chi connectivity index (χ1v) is 7.64. The molecular weight excluding hydrogens is 240 g/mol. The zero-order valence-electron chi connectivity index (χ0n) is 9.52. The summed E-state index contributed by atoms with van der Waals surface area (Å²) in [5, 5.41) is 7.22. The fourth-order valence-corrected chi connectivity index (χ4v) is 3.94. The highest BCUT2D eigenvalue weighted by Gasteiger charge is 2.30. The molecule has 0 aromatic carbocycles. The average molecular weight is 256 g/mol. The van der Waals surface area contributed by atoms with Gasteiger partial charge < -0.3 is 10.6 Å². The molecule has 3 N–H and O–H groups in total. The third kappa shape index (κ3) is 1.93. The van der Waals surface area contributed by atoms with Crippen LogP contribution in [0.25, 0.3) is 0 Å². The van der Waals surface area contributed by atoms with Gasteiger partial charge in [-0.2, -0.15) is 5.10 Å². The van der Waals surface area contributed by atoms with E-state index in [0.29, 0.717) is 6.42 Å². The van der Waals surface area contributed by atoms with Crippen LogP contribution in [0.5, 0.6) is 0 Å². The minimum Gasteiger partial charge on any atom is -0.353 e. The van der Waals surface area contributed by atoms with E-state index in [-0.39, 0.29) is 17.5 Å². The van der Waals surface area contributed by atoms with E-state index in [2.05, 4.69) is 15.1 Å². The van der Waals surface area contributed by atoms with Crippen molar-refractivity contribution in [1.29, 1.82) is 0 Å². The van der Waals surface area contributed by atoms with Crippen LogP contribution in [0, 0.1) is 0 Å². The van der Waals surface area contributed by atoms with E-state index in [9.17, 15) is 8.42 Å². The number of aromatic nitrogens is 2. The van der Waals surface area contributed by atoms with Gasteiger partial charge in [0, 0.05) is 36.8 Å². The van der Waals surface area contributed by atoms with E-state index < -0.39 is 9.84 Å². The summed E-state index contributed by atoms with van der Waals surface area (Å²) in [6, 6.07) is 0.169. The summed E-state index contributed by atoms with van der Waals surface area (Å²) in [5.41, 5.74) is 7.68. The standard InChI is InChI=1S/C10H16N4O2S/c11-7-1-3-14(5-7)10-8-6-17(15,16)4-2-9(8)12-13-10/h7H,1-6,11H2,(H,12,13). The fourth-order valence-electron chi connectivity index (χ4n) is 2.54. The Kier molecular flexibility index (Phi) is 2.41. The van der Waals surface area contributed by atoms with Gasteiger partial charge in [0.1, 0.15) is 0 Å². The lowest BCUT2D eigenvalue weighted by atomic mass is 10.2. The van der Waals surface area contributed by atoms with Gasteiger partial charge in [0.25, 0.3) is 0 Å². The van der Waals surface area contributed by atoms with E-state index in [1.165, 1.54) is 0 Å². The van der Waals surface area contributed by atoms with Gasteiger partial charge >= 0.3 is 0 Å². The van der Waals surface area contributed by atoms with Gasteiger partial charge in [-0.1, -0.05) is 0 Å². The molecule has 1 unspecified atom stereocenters. The number of nitrogens with one attached hydrogen (secondary N) is 1. The Bertz CT molecular complexity index is 537. The molecule has 1 saturated heterocycles. The molecular formula is C10H16N4O2S. The van der Waals surface area contributed by atoms with Crippen LogP contribution in [0.1, 0.15) is 17.7 Å². The number of aromatic amines is 1. The minimum absolute atomic E-state index is 0.111. The van der Waals surface area contributed by atoms with Gasteiger partial charge in [0.15, 0.2) is 15.7 Å². The van der Waals surface area contributed by atoms with Crippen LogP contribution in [0.4, 0.5) is 5.82 Å². The molecule has 0 spiro atoms. The Morgan fingerprint density at radius 1 is 1.47 bits per heavy atom. The molecule has 0 aliphatic carbocycles. The molecule has 1 atom stereocenters. The summed E-state index contributed by atoms with van der Waals surface area (Å²) in [6.45, 7) is 1.62. The van der Waals surface area contributed by atoms with Crippen molar-refractivity contribution in [1.82, 2.24) is 10.2 Å². The SMILES string of the molecule is NC1CCN(c2n[nH]c3c2CS(=O)(=O)CC3)C1. The molecule has 6 nitrogen and oxygen atoms in total. The number of H-pyrrole nitrogens is 1. The van der Waals surface area contributed by atoms with Gasteiger partial charge in [-0.15, -0.1) is 0 Å². The van der Waals surface area contributed by atoms with Crippen LogP contribution in [0.3, 0.4) is 0 Å². The molecule has 1 aromatic heterocycles. The topological polar surface area (TPSA) is 92.1 Å². The molecule has 17 heavy (non-hydrogen) atoms. The summed E-state index contributed by atoms with van der Waals surface area (Å²) in [7, 11) is -2.95. The number of nitrogens with zero attached hydrogens (tertiary/aromatic N) is 2. The van der Waals surface area contributed by atoms with Gasteiger partial charge in [-0.05, 0) is 6.42 Å². The highest BCUT2D eigenvalue weighted by molar-refractivity contribution is 7.90. The summed E-state index contributed by atoms with van der Waals surface area (Å²) in [4.78, 5) is 2.08. The monoisotopic (exact) mass is 256 g/mol. The largest absolute Gasteiger partial charge is 0.353 e. The van der Waals surface area contributed by atoms with Crippen LogP contribution in [0.2, 0.25) is 0 Å². The number of aryl methyl sites for hydroxylation is 1. The third-order valence-corrected chi connectivity index (χ3v) is 5.04. The van der Waals surface area contributed by atoms with Gasteiger partial charge in [0.2, 0.25) is 0 Å². The molecule has 0 amide bonds. The summed E-state index contributed by atoms with van der Waals surface area (Å²) in [5.74, 6) is 1.12. The number of sulfone groups is 1. The molecule has 0 saturated carbocycles. The first-order valence-electron chi connectivity index (χ1n) is 5.82. The Morgan fingerprint density at radius 3 is 3.00 bits per heavy atom. The van der Waals surface area contributed by atoms with Crippen molar-refractivity contribution in [3.8, 4) is 0 Å². The number of rotatable bonds is 1. The van der Waals surface area contributed by atoms with Crippen molar-refractivity contribution < 1.29 is 8.42 Å². The summed E-state index contributed by atoms with van der Waals surface area (Å²) in [6.07, 6.45) is 1.49. The highest BCUT2D eigenvalue weighted by Crippen LogP contribution is 2.29. The molecule has 2 aliphatic heterocycles. The molecule has 94 valence electrons. The Balaban J connectivity index is 1.95. The van der Waals surface area contributed by atoms with Gasteiger partial charge in [-0.3, -0.25) is 5.10 Å². The van der Waals surface area contributed by atoms with Crippen molar-refractivity contribution in [2.75, 3.05) is 23.7 Å². The fraction of sp³-hybridized carbons (Fsp3) is 0.700. The van der Waals surface area contributed by atoms with E-state index in [0.717, 1.165) is 36.6 Å². The second kappa shape index (κ2) is 3.71. The molecule has 3 rings (SSSR count). The number of anilines is 1. The van der Waals surface area contributed by atoms with Crippen LogP contribution in [-0.2, 0) is 22.0 Å². The lowest BCUT2D eigenvalue weighted by Crippen LogP contribution is -2.28. The smallest absolute Gasteiger partial charge is 0.155 e. The third-order valence-electron chi connectivity index (χ3n) is 3.48. The van der Waals surface area contributed by atoms with Crippen molar-refractivity contribution >= 4 is 15.7 Å². The second-order valence-electron chi connectivity index (χ2n) is 4.84. The van der Waals surface area contributed by atoms with Gasteiger partial charge in [-0.25, -0.2) is 8.42 Å². The van der Waals surface area contributed by atoms with E-state index in [1.54, 1.807) is 0 Å². The van der Waals surface area contributed by atoms with E-state index in [1.807, 2.05) is 0 Å². The molecule has 0 bridgehead atoms. The Hall–Kier alpha value is -1.08. The highest BCUT2D eigenvalue weighted by atomic mass is 32.2. The number of fused-ring (bicyclic) bond motifs is 1. The molecule has 3 heterocycles. The molecule has 2 aliphatic rings. The molecule has 7 heteroatoms. The predicted octanol–water partition coefficient (Wildman–Crippen LogP) is -0.582. The van der Waals surface area contributed by atoms with Gasteiger partial charge in [0.05, 0.1) is 11.5 Å². The number of hydrogen-bond acceptors (Lipinski definition) is 5. The predicted molar refractivity (Wildman–Crippen MR) is 64.6 cm³/mol. The quantitative estimate of drug-likeness (QED) is 0.701. The molecule has 0 radical (unpaired) electrons. The van der Waals surface area contributed by atoms with Crippen molar-refractivity contribution in [3.63, 3.8) is 0 Å². The average Bonchev–Trinajstić information content (AvgIpc) is 2.82. The first-order chi connectivity index (χ1) is 8.05. The van der Waals surface area contributed by atoms with Crippen LogP contribution < -0.4 is 10.6 Å². The van der Waals surface area contributed by atoms with Crippen LogP contribution >= 0.6 is 0 Å². The maximum atomic E-state index is 11.7. The van der Waals surface area contributed by atoms with Crippen LogP contribution in [-0.4, -0.2) is 43.5 Å². The van der Waals surface area contributed by atoms with Crippen molar-refractivity contribution in [3.05, 3.63) is 11.3 Å². The zero-order chi connectivity index (χ0) is 12.0. The number of nitrogens with two attached hydrogens (primary N) is 1. The first kappa shape index (κ1) is 11.0. The maximum Gasteiger partial charge on any atom is 0.155 e. The van der Waals surface area contributed by atoms with Crippen molar-refractivity contribution in [2.45, 2.75) is 24.6 Å². The van der Waals surface area contributed by atoms with Crippen LogP contribution in [0.15, 0.2) is 0 Å². The normalized spacial score (nSPS) is 27.1. The number of hydrogen-bond donors (Lipinski definition) is 2.